The maximum atomic E-state index is 13.4. The first kappa shape index (κ1) is 18.6. The Bertz CT molecular complexity index is 954. The van der Waals surface area contributed by atoms with E-state index in [1.807, 2.05) is 30.3 Å². The van der Waals surface area contributed by atoms with E-state index in [1.54, 1.807) is 18.2 Å². The lowest BCUT2D eigenvalue weighted by Crippen LogP contribution is -2.33. The van der Waals surface area contributed by atoms with E-state index in [4.69, 9.17) is 0 Å². The highest BCUT2D eigenvalue weighted by atomic mass is 32.2. The number of carbonyl (C=O) groups excluding carboxylic acids is 2. The second-order valence-electron chi connectivity index (χ2n) is 6.77. The van der Waals surface area contributed by atoms with Gasteiger partial charge < -0.3 is 0 Å². The van der Waals surface area contributed by atoms with E-state index in [0.29, 0.717) is 23.0 Å². The van der Waals surface area contributed by atoms with Crippen LogP contribution < -0.4 is 4.90 Å². The minimum absolute atomic E-state index is 0.195. The molecule has 6 heteroatoms. The van der Waals surface area contributed by atoms with Gasteiger partial charge in [0.25, 0.3) is 5.91 Å². The Kier molecular flexibility index (Phi) is 5.39. The highest BCUT2D eigenvalue weighted by molar-refractivity contribution is 8.15. The van der Waals surface area contributed by atoms with Gasteiger partial charge in [0, 0.05) is 6.42 Å². The van der Waals surface area contributed by atoms with Gasteiger partial charge >= 0.3 is 0 Å². The van der Waals surface area contributed by atoms with Gasteiger partial charge in [0.05, 0.1) is 10.9 Å². The molecule has 1 atom stereocenters. The molecule has 0 bridgehead atoms. The Morgan fingerprint density at radius 3 is 2.50 bits per heavy atom. The molecule has 142 valence electrons. The number of benzene rings is 2. The fraction of sp³-hybridized carbons (Fsp3) is 0.227. The summed E-state index contributed by atoms with van der Waals surface area (Å²) in [4.78, 5) is 31.4. The van der Waals surface area contributed by atoms with Crippen LogP contribution in [0.25, 0.3) is 6.08 Å². The molecule has 28 heavy (non-hydrogen) atoms. The number of rotatable bonds is 3. The van der Waals surface area contributed by atoms with Crippen molar-refractivity contribution in [2.45, 2.75) is 30.9 Å². The number of thioether (sulfide) groups is 1. The van der Waals surface area contributed by atoms with Gasteiger partial charge in [0.2, 0.25) is 0 Å². The summed E-state index contributed by atoms with van der Waals surface area (Å²) in [7, 11) is 0. The van der Waals surface area contributed by atoms with Crippen molar-refractivity contribution in [3.05, 3.63) is 71.7 Å². The fourth-order valence-electron chi connectivity index (χ4n) is 3.30. The zero-order valence-electron chi connectivity index (χ0n) is 15.2. The van der Waals surface area contributed by atoms with E-state index in [1.165, 1.54) is 28.8 Å². The second-order valence-corrected chi connectivity index (χ2v) is 7.94. The van der Waals surface area contributed by atoms with Crippen molar-refractivity contribution in [1.82, 2.24) is 0 Å². The molecule has 1 fully saturated rings. The first-order valence-corrected chi connectivity index (χ1v) is 10.1. The third kappa shape index (κ3) is 3.92. The van der Waals surface area contributed by atoms with Crippen LogP contribution in [0.15, 0.2) is 65.3 Å². The SMILES string of the molecule is O=C1CCCC[C@@H]1SC1=N/C(=C/c2ccccc2)C(=O)N1c1ccc(F)cc1. The number of ketones is 1. The number of aliphatic imine (C=N–C) groups is 1. The molecule has 0 saturated heterocycles. The average Bonchev–Trinajstić information content (AvgIpc) is 3.00. The second kappa shape index (κ2) is 8.10. The van der Waals surface area contributed by atoms with Crippen LogP contribution >= 0.6 is 11.8 Å². The smallest absolute Gasteiger partial charge is 0.283 e. The summed E-state index contributed by atoms with van der Waals surface area (Å²) in [6.07, 6.45) is 5.00. The molecule has 0 N–H and O–H groups in total. The molecule has 0 radical (unpaired) electrons. The molecule has 2 aromatic rings. The summed E-state index contributed by atoms with van der Waals surface area (Å²) >= 11 is 1.33. The molecule has 1 heterocycles. The third-order valence-electron chi connectivity index (χ3n) is 4.76. The van der Waals surface area contributed by atoms with E-state index in [2.05, 4.69) is 4.99 Å². The largest absolute Gasteiger partial charge is 0.298 e. The van der Waals surface area contributed by atoms with Crippen molar-refractivity contribution in [3.63, 3.8) is 0 Å². The van der Waals surface area contributed by atoms with Gasteiger partial charge in [-0.2, -0.15) is 0 Å². The Morgan fingerprint density at radius 1 is 1.04 bits per heavy atom. The standard InChI is InChI=1S/C22H19FN2O2S/c23-16-10-12-17(13-11-16)25-21(27)18(14-15-6-2-1-3-7-15)24-22(25)28-20-9-5-4-8-19(20)26/h1-3,6-7,10-14,20H,4-5,8-9H2/b18-14+/t20-/m0/s1. The third-order valence-corrected chi connectivity index (χ3v) is 6.03. The van der Waals surface area contributed by atoms with E-state index in [-0.39, 0.29) is 22.8 Å². The number of hydrogen-bond donors (Lipinski definition) is 0. The molecule has 2 aliphatic rings. The average molecular weight is 394 g/mol. The quantitative estimate of drug-likeness (QED) is 0.702. The number of amidine groups is 1. The van der Waals surface area contributed by atoms with Gasteiger partial charge in [0.1, 0.15) is 17.3 Å². The first-order chi connectivity index (χ1) is 13.6. The number of hydrogen-bond acceptors (Lipinski definition) is 4. The van der Waals surface area contributed by atoms with Crippen LogP contribution in [0.4, 0.5) is 10.1 Å². The van der Waals surface area contributed by atoms with Crippen molar-refractivity contribution < 1.29 is 14.0 Å². The van der Waals surface area contributed by atoms with Gasteiger partial charge in [-0.15, -0.1) is 0 Å². The lowest BCUT2D eigenvalue weighted by atomic mass is 9.99. The van der Waals surface area contributed by atoms with Crippen molar-refractivity contribution in [2.75, 3.05) is 4.90 Å². The van der Waals surface area contributed by atoms with Crippen LogP contribution in [0.2, 0.25) is 0 Å². The maximum absolute atomic E-state index is 13.4. The molecule has 4 nitrogen and oxygen atoms in total. The Balaban J connectivity index is 1.69. The van der Waals surface area contributed by atoms with Crippen molar-refractivity contribution >= 4 is 40.4 Å². The molecule has 1 saturated carbocycles. The number of nitrogens with zero attached hydrogens (tertiary/aromatic N) is 2. The van der Waals surface area contributed by atoms with Gasteiger partial charge in [-0.05, 0) is 48.7 Å². The van der Waals surface area contributed by atoms with Crippen LogP contribution in [0.5, 0.6) is 0 Å². The van der Waals surface area contributed by atoms with Gasteiger partial charge in [-0.25, -0.2) is 9.38 Å². The Labute approximate surface area is 167 Å². The lowest BCUT2D eigenvalue weighted by Gasteiger charge is -2.23. The molecule has 4 rings (SSSR count). The first-order valence-electron chi connectivity index (χ1n) is 9.26. The molecule has 1 amide bonds. The molecule has 0 unspecified atom stereocenters. The van der Waals surface area contributed by atoms with Crippen LogP contribution in [-0.4, -0.2) is 22.1 Å². The van der Waals surface area contributed by atoms with E-state index in [9.17, 15) is 14.0 Å². The summed E-state index contributed by atoms with van der Waals surface area (Å²) in [5.74, 6) is -0.448. The summed E-state index contributed by atoms with van der Waals surface area (Å²) in [6.45, 7) is 0. The summed E-state index contributed by atoms with van der Waals surface area (Å²) in [5, 5.41) is 0.276. The summed E-state index contributed by atoms with van der Waals surface area (Å²) in [6, 6.07) is 15.2. The number of amides is 1. The molecular formula is C22H19FN2O2S. The minimum atomic E-state index is -0.371. The Morgan fingerprint density at radius 2 is 1.79 bits per heavy atom. The number of halogens is 1. The molecule has 1 aliphatic carbocycles. The maximum Gasteiger partial charge on any atom is 0.283 e. The van der Waals surface area contributed by atoms with E-state index >= 15 is 0 Å². The van der Waals surface area contributed by atoms with Gasteiger partial charge in [-0.3, -0.25) is 14.5 Å². The van der Waals surface area contributed by atoms with E-state index in [0.717, 1.165) is 24.8 Å². The van der Waals surface area contributed by atoms with Gasteiger partial charge in [0.15, 0.2) is 5.17 Å². The van der Waals surface area contributed by atoms with Crippen LogP contribution in [0.1, 0.15) is 31.2 Å². The molecule has 1 aliphatic heterocycles. The zero-order valence-corrected chi connectivity index (χ0v) is 16.0. The monoisotopic (exact) mass is 394 g/mol. The highest BCUT2D eigenvalue weighted by Crippen LogP contribution is 2.34. The van der Waals surface area contributed by atoms with Crippen molar-refractivity contribution in [1.29, 1.82) is 0 Å². The molecule has 2 aromatic carbocycles. The van der Waals surface area contributed by atoms with Crippen LogP contribution in [0, 0.1) is 5.82 Å². The molecular weight excluding hydrogens is 375 g/mol. The fourth-order valence-corrected chi connectivity index (χ4v) is 4.54. The normalized spacial score (nSPS) is 21.3. The molecule has 0 spiro atoms. The zero-order chi connectivity index (χ0) is 19.5. The van der Waals surface area contributed by atoms with E-state index < -0.39 is 0 Å². The Hall–Kier alpha value is -2.73. The number of anilines is 1. The van der Waals surface area contributed by atoms with Crippen molar-refractivity contribution in [3.8, 4) is 0 Å². The number of carbonyl (C=O) groups is 2. The van der Waals surface area contributed by atoms with Gasteiger partial charge in [-0.1, -0.05) is 48.5 Å². The lowest BCUT2D eigenvalue weighted by molar-refractivity contribution is -0.119. The topological polar surface area (TPSA) is 49.7 Å². The predicted octanol–water partition coefficient (Wildman–Crippen LogP) is 4.81. The van der Waals surface area contributed by atoms with Crippen LogP contribution in [0.3, 0.4) is 0 Å². The summed E-state index contributed by atoms with van der Waals surface area (Å²) in [5.41, 5.74) is 1.72. The number of Topliss-reactive ketones (excluding diaryl/α,β-unsaturated/α-hetero) is 1. The minimum Gasteiger partial charge on any atom is -0.298 e. The predicted molar refractivity (Wildman–Crippen MR) is 111 cm³/mol. The highest BCUT2D eigenvalue weighted by Gasteiger charge is 2.35. The van der Waals surface area contributed by atoms with Crippen LogP contribution in [-0.2, 0) is 9.59 Å². The van der Waals surface area contributed by atoms with Crippen molar-refractivity contribution in [2.24, 2.45) is 4.99 Å². The molecule has 0 aromatic heterocycles. The summed E-state index contributed by atoms with van der Waals surface area (Å²) < 4.78 is 13.4.